The van der Waals surface area contributed by atoms with Gasteiger partial charge in [-0.25, -0.2) is 0 Å². The molecule has 5 heteroatoms. The van der Waals surface area contributed by atoms with E-state index in [1.807, 2.05) is 11.9 Å². The van der Waals surface area contributed by atoms with Crippen molar-refractivity contribution in [1.29, 1.82) is 0 Å². The number of benzene rings is 1. The zero-order chi connectivity index (χ0) is 15.5. The van der Waals surface area contributed by atoms with Crippen LogP contribution in [0.3, 0.4) is 0 Å². The Labute approximate surface area is 144 Å². The van der Waals surface area contributed by atoms with Crippen LogP contribution in [0.15, 0.2) is 24.3 Å². The Morgan fingerprint density at radius 1 is 1.26 bits per heavy atom. The second-order valence-corrected chi connectivity index (χ2v) is 6.68. The van der Waals surface area contributed by atoms with E-state index in [0.717, 1.165) is 25.9 Å². The van der Waals surface area contributed by atoms with E-state index in [9.17, 15) is 4.79 Å². The third-order valence-corrected chi connectivity index (χ3v) is 5.29. The molecule has 0 saturated carbocycles. The molecule has 1 fully saturated rings. The predicted octanol–water partition coefficient (Wildman–Crippen LogP) is 2.97. The van der Waals surface area contributed by atoms with Crippen LogP contribution in [-0.2, 0) is 11.2 Å². The number of carboxylic acid groups (broad SMARTS) is 1. The van der Waals surface area contributed by atoms with Gasteiger partial charge in [0.25, 0.3) is 0 Å². The molecule has 2 aliphatic rings. The number of rotatable bonds is 4. The molecule has 1 unspecified atom stereocenters. The summed E-state index contributed by atoms with van der Waals surface area (Å²) < 4.78 is 0. The zero-order valence-corrected chi connectivity index (χ0v) is 14.6. The number of aliphatic carboxylic acids is 1. The van der Waals surface area contributed by atoms with Crippen LogP contribution in [0, 0.1) is 0 Å². The molecule has 4 nitrogen and oxygen atoms in total. The highest BCUT2D eigenvalue weighted by Gasteiger charge is 2.30. The van der Waals surface area contributed by atoms with Crippen molar-refractivity contribution in [2.24, 2.45) is 0 Å². The lowest BCUT2D eigenvalue weighted by Gasteiger charge is -2.42. The summed E-state index contributed by atoms with van der Waals surface area (Å²) in [4.78, 5) is 15.5. The van der Waals surface area contributed by atoms with Gasteiger partial charge in [0.1, 0.15) is 0 Å². The molecular weight excluding hydrogens is 312 g/mol. The van der Waals surface area contributed by atoms with Crippen LogP contribution in [0.5, 0.6) is 0 Å². The van der Waals surface area contributed by atoms with Crippen LogP contribution in [-0.4, -0.2) is 53.6 Å². The lowest BCUT2D eigenvalue weighted by molar-refractivity contribution is -0.138. The van der Waals surface area contributed by atoms with Gasteiger partial charge in [0.15, 0.2) is 0 Å². The molecule has 1 saturated heterocycles. The maximum absolute atomic E-state index is 10.8. The molecule has 1 aromatic carbocycles. The molecule has 128 valence electrons. The normalized spacial score (nSPS) is 22.4. The highest BCUT2D eigenvalue weighted by atomic mass is 35.5. The van der Waals surface area contributed by atoms with Gasteiger partial charge in [-0.15, -0.1) is 12.4 Å². The number of fused-ring (bicyclic) bond motifs is 1. The minimum Gasteiger partial charge on any atom is -0.480 e. The maximum atomic E-state index is 10.8. The van der Waals surface area contributed by atoms with E-state index in [2.05, 4.69) is 29.2 Å². The lowest BCUT2D eigenvalue weighted by Crippen LogP contribution is -2.46. The molecule has 1 aromatic rings. The van der Waals surface area contributed by atoms with Crippen molar-refractivity contribution < 1.29 is 9.90 Å². The van der Waals surface area contributed by atoms with E-state index in [-0.39, 0.29) is 19.0 Å². The number of likely N-dealkylation sites (tertiary alicyclic amines) is 1. The van der Waals surface area contributed by atoms with Crippen LogP contribution in [0.2, 0.25) is 0 Å². The first-order chi connectivity index (χ1) is 10.6. The molecule has 0 amide bonds. The van der Waals surface area contributed by atoms with Crippen molar-refractivity contribution in [2.45, 2.75) is 44.2 Å². The van der Waals surface area contributed by atoms with Gasteiger partial charge in [-0.2, -0.15) is 0 Å². The van der Waals surface area contributed by atoms with Gasteiger partial charge >= 0.3 is 5.97 Å². The maximum Gasteiger partial charge on any atom is 0.317 e. The largest absolute Gasteiger partial charge is 0.480 e. The second-order valence-electron chi connectivity index (χ2n) is 6.68. The molecule has 1 aliphatic carbocycles. The van der Waals surface area contributed by atoms with E-state index in [4.69, 9.17) is 5.11 Å². The molecule has 3 rings (SSSR count). The minimum atomic E-state index is -0.730. The standard InChI is InChI=1S/C18H26N2O2.ClH/c1-19(13-18(21)22)15-9-11-20(12-10-15)17-8-4-6-14-5-2-3-7-16(14)17;/h2-3,5,7,15,17H,4,6,8-13H2,1H3,(H,21,22);1H. The molecule has 0 bridgehead atoms. The second kappa shape index (κ2) is 8.13. The predicted molar refractivity (Wildman–Crippen MR) is 94.2 cm³/mol. The number of likely N-dealkylation sites (N-methyl/N-ethyl adjacent to an activating group) is 1. The van der Waals surface area contributed by atoms with Gasteiger partial charge < -0.3 is 5.11 Å². The Morgan fingerprint density at radius 3 is 2.65 bits per heavy atom. The molecule has 1 atom stereocenters. The van der Waals surface area contributed by atoms with Gasteiger partial charge in [0.2, 0.25) is 0 Å². The summed E-state index contributed by atoms with van der Waals surface area (Å²) in [5.74, 6) is -0.730. The van der Waals surface area contributed by atoms with Crippen LogP contribution in [0.25, 0.3) is 0 Å². The lowest BCUT2D eigenvalue weighted by atomic mass is 9.85. The van der Waals surface area contributed by atoms with E-state index in [1.54, 1.807) is 0 Å². The minimum absolute atomic E-state index is 0. The quantitative estimate of drug-likeness (QED) is 0.916. The molecule has 0 aromatic heterocycles. The van der Waals surface area contributed by atoms with Gasteiger partial charge in [0.05, 0.1) is 6.54 Å². The Balaban J connectivity index is 0.00000192. The monoisotopic (exact) mass is 338 g/mol. The molecular formula is C18H27ClN2O2. The summed E-state index contributed by atoms with van der Waals surface area (Å²) in [6.45, 7) is 2.30. The van der Waals surface area contributed by atoms with E-state index >= 15 is 0 Å². The van der Waals surface area contributed by atoms with Crippen molar-refractivity contribution in [3.05, 3.63) is 35.4 Å². The summed E-state index contributed by atoms with van der Waals surface area (Å²) in [6.07, 6.45) is 5.89. The summed E-state index contributed by atoms with van der Waals surface area (Å²) in [5.41, 5.74) is 3.04. The topological polar surface area (TPSA) is 43.8 Å². The van der Waals surface area contributed by atoms with E-state index in [0.29, 0.717) is 12.1 Å². The highest BCUT2D eigenvalue weighted by molar-refractivity contribution is 5.85. The Hall–Kier alpha value is -1.10. The average Bonchev–Trinajstić information content (AvgIpc) is 2.54. The van der Waals surface area contributed by atoms with Crippen molar-refractivity contribution in [2.75, 3.05) is 26.7 Å². The number of hydrogen-bond acceptors (Lipinski definition) is 3. The SMILES string of the molecule is CN(CC(=O)O)C1CCN(C2CCCc3ccccc32)CC1.Cl. The number of piperidine rings is 1. The summed E-state index contributed by atoms with van der Waals surface area (Å²) in [6, 6.07) is 9.84. The third-order valence-electron chi connectivity index (χ3n) is 5.29. The smallest absolute Gasteiger partial charge is 0.317 e. The summed E-state index contributed by atoms with van der Waals surface area (Å²) in [5, 5.41) is 8.93. The van der Waals surface area contributed by atoms with Gasteiger partial charge in [-0.05, 0) is 50.3 Å². The van der Waals surface area contributed by atoms with Crippen LogP contribution >= 0.6 is 12.4 Å². The Kier molecular flexibility index (Phi) is 6.45. The molecule has 0 radical (unpaired) electrons. The van der Waals surface area contributed by atoms with Crippen molar-refractivity contribution in [3.63, 3.8) is 0 Å². The van der Waals surface area contributed by atoms with Gasteiger partial charge in [0, 0.05) is 25.2 Å². The van der Waals surface area contributed by atoms with Crippen LogP contribution < -0.4 is 0 Å². The van der Waals surface area contributed by atoms with Crippen molar-refractivity contribution in [3.8, 4) is 0 Å². The molecule has 0 spiro atoms. The summed E-state index contributed by atoms with van der Waals surface area (Å²) >= 11 is 0. The molecule has 1 N–H and O–H groups in total. The fourth-order valence-electron chi connectivity index (χ4n) is 4.09. The number of hydrogen-bond donors (Lipinski definition) is 1. The number of halogens is 1. The summed E-state index contributed by atoms with van der Waals surface area (Å²) in [7, 11) is 1.93. The van der Waals surface area contributed by atoms with E-state index in [1.165, 1.54) is 30.4 Å². The van der Waals surface area contributed by atoms with Gasteiger partial charge in [-0.1, -0.05) is 24.3 Å². The van der Waals surface area contributed by atoms with E-state index < -0.39 is 5.97 Å². The van der Waals surface area contributed by atoms with Crippen LogP contribution in [0.4, 0.5) is 0 Å². The molecule has 1 heterocycles. The number of carbonyl (C=O) groups is 1. The van der Waals surface area contributed by atoms with Gasteiger partial charge in [-0.3, -0.25) is 14.6 Å². The number of aryl methyl sites for hydroxylation is 1. The highest BCUT2D eigenvalue weighted by Crippen LogP contribution is 2.35. The first-order valence-corrected chi connectivity index (χ1v) is 8.39. The molecule has 1 aliphatic heterocycles. The third kappa shape index (κ3) is 4.25. The van der Waals surface area contributed by atoms with Crippen molar-refractivity contribution >= 4 is 18.4 Å². The first kappa shape index (κ1) is 18.2. The number of nitrogens with zero attached hydrogens (tertiary/aromatic N) is 2. The Bertz CT molecular complexity index is 530. The number of carboxylic acids is 1. The fourth-order valence-corrected chi connectivity index (χ4v) is 4.09. The fraction of sp³-hybridized carbons (Fsp3) is 0.611. The van der Waals surface area contributed by atoms with Crippen molar-refractivity contribution in [1.82, 2.24) is 9.80 Å². The Morgan fingerprint density at radius 2 is 1.96 bits per heavy atom. The van der Waals surface area contributed by atoms with Crippen LogP contribution in [0.1, 0.15) is 42.9 Å². The zero-order valence-electron chi connectivity index (χ0n) is 13.8. The first-order valence-electron chi connectivity index (χ1n) is 8.39. The molecule has 23 heavy (non-hydrogen) atoms. The average molecular weight is 339 g/mol.